The summed E-state index contributed by atoms with van der Waals surface area (Å²) in [5.74, 6) is -2.75. The van der Waals surface area contributed by atoms with E-state index in [1.165, 1.54) is 6.92 Å². The van der Waals surface area contributed by atoms with E-state index in [-0.39, 0.29) is 12.3 Å². The molecule has 10 heteroatoms. The Morgan fingerprint density at radius 1 is 1.03 bits per heavy atom. The van der Waals surface area contributed by atoms with Crippen LogP contribution in [-0.2, 0) is 25.6 Å². The minimum atomic E-state index is -1.18. The lowest BCUT2D eigenvalue weighted by Crippen LogP contribution is -2.55. The van der Waals surface area contributed by atoms with Gasteiger partial charge in [-0.3, -0.25) is 19.2 Å². The van der Waals surface area contributed by atoms with Crippen LogP contribution in [0.3, 0.4) is 0 Å². The van der Waals surface area contributed by atoms with Crippen LogP contribution in [0.4, 0.5) is 0 Å². The van der Waals surface area contributed by atoms with Crippen molar-refractivity contribution >= 4 is 34.6 Å². The van der Waals surface area contributed by atoms with Crippen molar-refractivity contribution in [2.45, 2.75) is 51.7 Å². The van der Waals surface area contributed by atoms with Crippen LogP contribution in [0.2, 0.25) is 0 Å². The van der Waals surface area contributed by atoms with Crippen LogP contribution in [0.1, 0.15) is 32.8 Å². The van der Waals surface area contributed by atoms with E-state index in [0.717, 1.165) is 16.5 Å². The Balaban J connectivity index is 1.94. The molecule has 1 aromatic heterocycles. The van der Waals surface area contributed by atoms with Gasteiger partial charge in [-0.25, -0.2) is 0 Å². The molecule has 0 spiro atoms. The lowest BCUT2D eigenvalue weighted by molar-refractivity contribution is -0.138. The van der Waals surface area contributed by atoms with Crippen LogP contribution in [-0.4, -0.2) is 58.5 Å². The second kappa shape index (κ2) is 11.3. The van der Waals surface area contributed by atoms with E-state index in [0.29, 0.717) is 6.42 Å². The molecule has 1 heterocycles. The van der Waals surface area contributed by atoms with E-state index in [4.69, 9.17) is 10.8 Å². The first-order chi connectivity index (χ1) is 15.1. The van der Waals surface area contributed by atoms with Crippen LogP contribution >= 0.6 is 0 Å². The Morgan fingerprint density at radius 2 is 1.72 bits per heavy atom. The topological polar surface area (TPSA) is 166 Å². The highest BCUT2D eigenvalue weighted by atomic mass is 16.4. The Kier molecular flexibility index (Phi) is 8.77. The van der Waals surface area contributed by atoms with Gasteiger partial charge in [0.05, 0.1) is 6.04 Å². The van der Waals surface area contributed by atoms with Crippen LogP contribution < -0.4 is 21.7 Å². The van der Waals surface area contributed by atoms with Gasteiger partial charge in [0.15, 0.2) is 0 Å². The van der Waals surface area contributed by atoms with Gasteiger partial charge in [0.1, 0.15) is 18.6 Å². The summed E-state index contributed by atoms with van der Waals surface area (Å²) in [6, 6.07) is 4.96. The number of carboxylic acids is 1. The third-order valence-corrected chi connectivity index (χ3v) is 4.96. The predicted octanol–water partition coefficient (Wildman–Crippen LogP) is 0.274. The molecule has 0 aliphatic rings. The number of amides is 3. The first kappa shape index (κ1) is 24.9. The molecule has 0 aliphatic carbocycles. The molecule has 3 amide bonds. The summed E-state index contributed by atoms with van der Waals surface area (Å²) in [5.41, 5.74) is 7.89. The summed E-state index contributed by atoms with van der Waals surface area (Å²) in [4.78, 5) is 51.2. The Labute approximate surface area is 186 Å². The maximum Gasteiger partial charge on any atom is 0.322 e. The molecule has 2 aromatic rings. The van der Waals surface area contributed by atoms with Crippen molar-refractivity contribution in [2.75, 3.05) is 6.54 Å². The van der Waals surface area contributed by atoms with Crippen LogP contribution in [0.5, 0.6) is 0 Å². The molecule has 3 unspecified atom stereocenters. The van der Waals surface area contributed by atoms with Crippen molar-refractivity contribution in [1.29, 1.82) is 0 Å². The zero-order valence-corrected chi connectivity index (χ0v) is 18.5. The van der Waals surface area contributed by atoms with Crippen molar-refractivity contribution in [3.05, 3.63) is 36.0 Å². The number of carbonyl (C=O) groups is 4. The second-order valence-corrected chi connectivity index (χ2v) is 8.20. The molecule has 0 saturated heterocycles. The van der Waals surface area contributed by atoms with E-state index in [1.54, 1.807) is 6.20 Å². The molecular weight excluding hydrogens is 414 g/mol. The van der Waals surface area contributed by atoms with Gasteiger partial charge in [0.2, 0.25) is 17.7 Å². The number of hydrogen-bond donors (Lipinski definition) is 6. The van der Waals surface area contributed by atoms with Gasteiger partial charge in [-0.05, 0) is 37.3 Å². The van der Waals surface area contributed by atoms with Gasteiger partial charge < -0.3 is 31.8 Å². The number of para-hydroxylation sites is 1. The van der Waals surface area contributed by atoms with E-state index >= 15 is 0 Å². The van der Waals surface area contributed by atoms with E-state index < -0.39 is 48.4 Å². The lowest BCUT2D eigenvalue weighted by atomic mass is 10.0. The highest BCUT2D eigenvalue weighted by Crippen LogP contribution is 2.18. The molecule has 0 saturated carbocycles. The molecule has 0 radical (unpaired) electrons. The molecule has 0 bridgehead atoms. The van der Waals surface area contributed by atoms with Crippen molar-refractivity contribution in [3.63, 3.8) is 0 Å². The number of nitrogens with one attached hydrogen (secondary N) is 4. The Hall–Kier alpha value is -3.40. The minimum Gasteiger partial charge on any atom is -0.480 e. The summed E-state index contributed by atoms with van der Waals surface area (Å²) in [6.07, 6.45) is 2.41. The number of aromatic nitrogens is 1. The Bertz CT molecular complexity index is 971. The highest BCUT2D eigenvalue weighted by Gasteiger charge is 2.26. The molecule has 1 aromatic carbocycles. The summed E-state index contributed by atoms with van der Waals surface area (Å²) in [7, 11) is 0. The number of rotatable bonds is 11. The molecule has 7 N–H and O–H groups in total. The third kappa shape index (κ3) is 7.09. The number of fused-ring (bicyclic) bond motifs is 1. The van der Waals surface area contributed by atoms with Crippen molar-refractivity contribution in [1.82, 2.24) is 20.9 Å². The number of benzene rings is 1. The predicted molar refractivity (Wildman–Crippen MR) is 120 cm³/mol. The molecule has 0 fully saturated rings. The number of nitrogens with two attached hydrogens (primary N) is 1. The van der Waals surface area contributed by atoms with Crippen molar-refractivity contribution in [3.8, 4) is 0 Å². The number of carboxylic acid groups (broad SMARTS) is 1. The SMILES string of the molecule is CC(C)CC(NC(=O)C(C)NC(=O)C(N)Cc1c[nH]c2ccccc12)C(=O)NCC(=O)O. The van der Waals surface area contributed by atoms with Gasteiger partial charge in [-0.15, -0.1) is 0 Å². The summed E-state index contributed by atoms with van der Waals surface area (Å²) in [6.45, 7) is 4.70. The largest absolute Gasteiger partial charge is 0.480 e. The molecule has 174 valence electrons. The number of aliphatic carboxylic acids is 1. The number of hydrogen-bond acceptors (Lipinski definition) is 5. The van der Waals surface area contributed by atoms with Crippen LogP contribution in [0.25, 0.3) is 10.9 Å². The summed E-state index contributed by atoms with van der Waals surface area (Å²) in [5, 5.41) is 17.1. The number of H-pyrrole nitrogens is 1. The molecule has 3 atom stereocenters. The molecule has 32 heavy (non-hydrogen) atoms. The first-order valence-corrected chi connectivity index (χ1v) is 10.5. The Morgan fingerprint density at radius 3 is 2.38 bits per heavy atom. The monoisotopic (exact) mass is 445 g/mol. The van der Waals surface area contributed by atoms with Crippen LogP contribution in [0.15, 0.2) is 30.5 Å². The molecular formula is C22H31N5O5. The van der Waals surface area contributed by atoms with Gasteiger partial charge >= 0.3 is 5.97 Å². The fourth-order valence-electron chi connectivity index (χ4n) is 3.30. The van der Waals surface area contributed by atoms with E-state index in [2.05, 4.69) is 20.9 Å². The average molecular weight is 446 g/mol. The quantitative estimate of drug-likeness (QED) is 0.290. The maximum atomic E-state index is 12.6. The standard InChI is InChI=1S/C22H31N5O5/c1-12(2)8-18(22(32)25-11-19(28)29)27-20(30)13(3)26-21(31)16(23)9-14-10-24-17-7-5-4-6-15(14)17/h4-7,10,12-13,16,18,24H,8-9,11,23H2,1-3H3,(H,25,32)(H,26,31)(H,27,30)(H,28,29). The first-order valence-electron chi connectivity index (χ1n) is 10.5. The second-order valence-electron chi connectivity index (χ2n) is 8.20. The minimum absolute atomic E-state index is 0.0744. The third-order valence-electron chi connectivity index (χ3n) is 4.96. The normalized spacial score (nSPS) is 13.9. The van der Waals surface area contributed by atoms with E-state index in [9.17, 15) is 19.2 Å². The zero-order valence-electron chi connectivity index (χ0n) is 18.5. The van der Waals surface area contributed by atoms with Gasteiger partial charge in [0, 0.05) is 17.1 Å². The average Bonchev–Trinajstić information content (AvgIpc) is 3.13. The zero-order chi connectivity index (χ0) is 23.8. The fraction of sp³-hybridized carbons (Fsp3) is 0.455. The number of carbonyl (C=O) groups excluding carboxylic acids is 3. The summed E-state index contributed by atoms with van der Waals surface area (Å²) < 4.78 is 0. The van der Waals surface area contributed by atoms with Gasteiger partial charge in [0.25, 0.3) is 0 Å². The summed E-state index contributed by atoms with van der Waals surface area (Å²) >= 11 is 0. The highest BCUT2D eigenvalue weighted by molar-refractivity contribution is 5.93. The van der Waals surface area contributed by atoms with Crippen LogP contribution in [0, 0.1) is 5.92 Å². The fourth-order valence-corrected chi connectivity index (χ4v) is 3.30. The smallest absolute Gasteiger partial charge is 0.322 e. The van der Waals surface area contributed by atoms with Crippen molar-refractivity contribution < 1.29 is 24.3 Å². The van der Waals surface area contributed by atoms with Gasteiger partial charge in [-0.1, -0.05) is 32.0 Å². The lowest BCUT2D eigenvalue weighted by Gasteiger charge is -2.23. The number of aromatic amines is 1. The van der Waals surface area contributed by atoms with E-state index in [1.807, 2.05) is 38.1 Å². The maximum absolute atomic E-state index is 12.6. The van der Waals surface area contributed by atoms with Crippen molar-refractivity contribution in [2.24, 2.45) is 11.7 Å². The van der Waals surface area contributed by atoms with Gasteiger partial charge in [-0.2, -0.15) is 0 Å². The molecule has 2 rings (SSSR count). The molecule has 0 aliphatic heterocycles. The molecule has 10 nitrogen and oxygen atoms in total.